The van der Waals surface area contributed by atoms with Crippen LogP contribution < -0.4 is 5.43 Å². The first-order valence-electron chi connectivity index (χ1n) is 9.94. The molecule has 0 bridgehead atoms. The minimum atomic E-state index is 0.863. The van der Waals surface area contributed by atoms with Crippen molar-refractivity contribution in [3.05, 3.63) is 107 Å². The fraction of sp³-hybridized carbons (Fsp3) is 0.0769. The number of hydrogen-bond donors (Lipinski definition) is 1. The van der Waals surface area contributed by atoms with Gasteiger partial charge in [-0.1, -0.05) is 65.9 Å². The summed E-state index contributed by atoms with van der Waals surface area (Å²) in [6.45, 7) is 0. The number of hydrogen-bond acceptors (Lipinski definition) is 2. The van der Waals surface area contributed by atoms with Crippen LogP contribution in [0.1, 0.15) is 22.3 Å². The molecule has 0 aromatic heterocycles. The predicted octanol–water partition coefficient (Wildman–Crippen LogP) is 6.94. The average molecular weight is 373 g/mol. The van der Waals surface area contributed by atoms with E-state index in [9.17, 15) is 0 Å². The van der Waals surface area contributed by atoms with E-state index >= 15 is 0 Å². The number of rotatable bonds is 3. The van der Waals surface area contributed by atoms with Crippen molar-refractivity contribution in [2.45, 2.75) is 12.8 Å². The lowest BCUT2D eigenvalue weighted by molar-refractivity contribution is 1.12. The summed E-state index contributed by atoms with van der Waals surface area (Å²) >= 11 is 0. The number of fused-ring (bicyclic) bond motifs is 6. The van der Waals surface area contributed by atoms with Gasteiger partial charge in [0.2, 0.25) is 0 Å². The van der Waals surface area contributed by atoms with Crippen LogP contribution in [0.2, 0.25) is 0 Å². The Bertz CT molecular complexity index is 1290. The largest absolute Gasteiger partial charge is 0.260 e. The Hall–Kier alpha value is -3.72. The number of nitrogens with zero attached hydrogens (tertiary/aromatic N) is 2. The Morgan fingerprint density at radius 3 is 2.03 bits per heavy atom. The van der Waals surface area contributed by atoms with Gasteiger partial charge in [-0.3, -0.25) is 5.43 Å². The zero-order valence-electron chi connectivity index (χ0n) is 15.9. The minimum Gasteiger partial charge on any atom is -0.260 e. The monoisotopic (exact) mass is 373 g/mol. The first-order chi connectivity index (χ1) is 14.3. The van der Waals surface area contributed by atoms with E-state index in [-0.39, 0.29) is 0 Å². The molecule has 1 N–H and O–H groups in total. The summed E-state index contributed by atoms with van der Waals surface area (Å²) in [7, 11) is 0. The lowest BCUT2D eigenvalue weighted by atomic mass is 10.1. The first kappa shape index (κ1) is 16.3. The van der Waals surface area contributed by atoms with Crippen molar-refractivity contribution < 1.29 is 0 Å². The zero-order valence-corrected chi connectivity index (χ0v) is 15.9. The molecule has 0 amide bonds. The molecule has 0 unspecified atom stereocenters. The maximum absolute atomic E-state index is 4.40. The molecule has 4 aromatic carbocycles. The highest BCUT2D eigenvalue weighted by Gasteiger charge is 2.18. The van der Waals surface area contributed by atoms with Gasteiger partial charge < -0.3 is 0 Å². The van der Waals surface area contributed by atoms with Crippen LogP contribution in [0.5, 0.6) is 0 Å². The maximum Gasteiger partial charge on any atom is 0.0880 e. The van der Waals surface area contributed by atoms with Crippen LogP contribution in [-0.4, -0.2) is 0 Å². The molecule has 3 heteroatoms. The van der Waals surface area contributed by atoms with E-state index in [1.54, 1.807) is 0 Å². The molecule has 0 heterocycles. The smallest absolute Gasteiger partial charge is 0.0880 e. The van der Waals surface area contributed by atoms with Crippen LogP contribution in [-0.2, 0) is 12.8 Å². The molecule has 0 saturated heterocycles. The number of nitrogens with one attached hydrogen (secondary N) is 1. The average Bonchev–Trinajstić information content (AvgIpc) is 3.31. The van der Waals surface area contributed by atoms with E-state index in [0.29, 0.717) is 0 Å². The van der Waals surface area contributed by atoms with E-state index in [1.165, 1.54) is 44.5 Å². The van der Waals surface area contributed by atoms with Gasteiger partial charge in [-0.25, -0.2) is 0 Å². The van der Waals surface area contributed by atoms with E-state index in [0.717, 1.165) is 24.2 Å². The highest BCUT2D eigenvalue weighted by molar-refractivity contribution is 5.79. The van der Waals surface area contributed by atoms with Gasteiger partial charge in [0.05, 0.1) is 11.4 Å². The third kappa shape index (κ3) is 2.74. The summed E-state index contributed by atoms with van der Waals surface area (Å²) in [6, 6.07) is 29.9. The van der Waals surface area contributed by atoms with Gasteiger partial charge in [0, 0.05) is 0 Å². The molecule has 0 fully saturated rings. The normalized spacial score (nSPS) is 13.1. The van der Waals surface area contributed by atoms with Crippen molar-refractivity contribution in [3.8, 4) is 22.3 Å². The van der Waals surface area contributed by atoms with Crippen LogP contribution in [0, 0.1) is 0 Å². The van der Waals surface area contributed by atoms with Crippen molar-refractivity contribution in [3.63, 3.8) is 0 Å². The Balaban J connectivity index is 1.22. The second-order valence-electron chi connectivity index (χ2n) is 7.69. The molecular formula is C26H19N3. The van der Waals surface area contributed by atoms with Crippen LogP contribution >= 0.6 is 0 Å². The number of anilines is 1. The standard InChI is InChI=1S/C26H19N3/c1-3-7-23-18(6-1)14-20-15-21(11-12-25(20)23)27-29-28-22-10-9-19-13-17-5-2-4-8-24(17)26(19)16-22/h1-12,15-16H,13-14H2,(H,27,28). The fourth-order valence-electron chi connectivity index (χ4n) is 4.53. The van der Waals surface area contributed by atoms with E-state index in [1.807, 2.05) is 6.07 Å². The Kier molecular flexibility index (Phi) is 3.60. The molecule has 0 aliphatic heterocycles. The Labute approximate surface area is 169 Å². The highest BCUT2D eigenvalue weighted by Crippen LogP contribution is 2.39. The molecule has 29 heavy (non-hydrogen) atoms. The topological polar surface area (TPSA) is 36.8 Å². The van der Waals surface area contributed by atoms with Crippen molar-refractivity contribution in [2.24, 2.45) is 10.3 Å². The van der Waals surface area contributed by atoms with Crippen LogP contribution in [0.15, 0.2) is 95.3 Å². The van der Waals surface area contributed by atoms with E-state index < -0.39 is 0 Å². The van der Waals surface area contributed by atoms with Crippen molar-refractivity contribution in [2.75, 3.05) is 5.43 Å². The minimum absolute atomic E-state index is 0.863. The summed E-state index contributed by atoms with van der Waals surface area (Å²) in [6.07, 6.45) is 1.97. The molecule has 2 aliphatic rings. The fourth-order valence-corrected chi connectivity index (χ4v) is 4.53. The van der Waals surface area contributed by atoms with Gasteiger partial charge in [-0.05, 0) is 81.6 Å². The second kappa shape index (κ2) is 6.42. The van der Waals surface area contributed by atoms with Gasteiger partial charge in [0.1, 0.15) is 0 Å². The highest BCUT2D eigenvalue weighted by atomic mass is 15.4. The van der Waals surface area contributed by atoms with Crippen LogP contribution in [0.3, 0.4) is 0 Å². The molecule has 4 aromatic rings. The van der Waals surface area contributed by atoms with Gasteiger partial charge in [0.15, 0.2) is 0 Å². The van der Waals surface area contributed by atoms with Gasteiger partial charge >= 0.3 is 0 Å². The Morgan fingerprint density at radius 2 is 1.21 bits per heavy atom. The van der Waals surface area contributed by atoms with Crippen LogP contribution in [0.25, 0.3) is 22.3 Å². The summed E-state index contributed by atoms with van der Waals surface area (Å²) in [4.78, 5) is 0. The number of benzene rings is 4. The zero-order chi connectivity index (χ0) is 19.2. The van der Waals surface area contributed by atoms with Crippen LogP contribution in [0.4, 0.5) is 11.4 Å². The van der Waals surface area contributed by atoms with Gasteiger partial charge in [-0.15, -0.1) is 5.11 Å². The summed E-state index contributed by atoms with van der Waals surface area (Å²) in [5, 5.41) is 8.64. The second-order valence-corrected chi connectivity index (χ2v) is 7.69. The van der Waals surface area contributed by atoms with Gasteiger partial charge in [0.25, 0.3) is 0 Å². The molecule has 0 atom stereocenters. The lowest BCUT2D eigenvalue weighted by Gasteiger charge is -2.04. The third-order valence-corrected chi connectivity index (χ3v) is 5.92. The van der Waals surface area contributed by atoms with E-state index in [2.05, 4.69) is 94.6 Å². The first-order valence-corrected chi connectivity index (χ1v) is 9.94. The summed E-state index contributed by atoms with van der Waals surface area (Å²) in [5.41, 5.74) is 15.6. The lowest BCUT2D eigenvalue weighted by Crippen LogP contribution is -1.89. The van der Waals surface area contributed by atoms with Crippen molar-refractivity contribution in [1.82, 2.24) is 0 Å². The molecule has 2 aliphatic carbocycles. The third-order valence-electron chi connectivity index (χ3n) is 5.92. The van der Waals surface area contributed by atoms with Crippen molar-refractivity contribution in [1.29, 1.82) is 0 Å². The molecule has 0 saturated carbocycles. The molecular weight excluding hydrogens is 354 g/mol. The van der Waals surface area contributed by atoms with Gasteiger partial charge in [-0.2, -0.15) is 0 Å². The SMILES string of the molecule is c1ccc2c(c1)Cc1cc(NN=Nc3ccc4c(c3)-c3ccccc3C4)ccc1-2. The van der Waals surface area contributed by atoms with E-state index in [4.69, 9.17) is 0 Å². The molecule has 0 spiro atoms. The quantitative estimate of drug-likeness (QED) is 0.265. The van der Waals surface area contributed by atoms with Crippen molar-refractivity contribution >= 4 is 11.4 Å². The molecule has 6 rings (SSSR count). The molecule has 3 nitrogen and oxygen atoms in total. The molecule has 0 radical (unpaired) electrons. The summed E-state index contributed by atoms with van der Waals surface area (Å²) < 4.78 is 0. The summed E-state index contributed by atoms with van der Waals surface area (Å²) in [5.74, 6) is 0. The maximum atomic E-state index is 4.40. The Morgan fingerprint density at radius 1 is 0.552 bits per heavy atom. The predicted molar refractivity (Wildman–Crippen MR) is 118 cm³/mol. The molecule has 138 valence electrons.